The first-order chi connectivity index (χ1) is 13.9. The van der Waals surface area contributed by atoms with Crippen LogP contribution >= 0.6 is 0 Å². The van der Waals surface area contributed by atoms with Crippen LogP contribution in [0.3, 0.4) is 0 Å². The highest BCUT2D eigenvalue weighted by Gasteiger charge is 2.26. The van der Waals surface area contributed by atoms with Crippen molar-refractivity contribution in [2.24, 2.45) is 4.99 Å². The molecule has 3 N–H and O–H groups in total. The number of nitrogens with zero attached hydrogens (tertiary/aromatic N) is 1. The zero-order chi connectivity index (χ0) is 21.3. The summed E-state index contributed by atoms with van der Waals surface area (Å²) in [5, 5.41) is 7.04. The van der Waals surface area contributed by atoms with E-state index in [9.17, 15) is 12.6 Å². The molecule has 1 aliphatic rings. The molecule has 1 fully saturated rings. The number of benzene rings is 1. The average molecular weight is 443 g/mol. The molecule has 0 radical (unpaired) electrons. The minimum absolute atomic E-state index is 0.0442. The van der Waals surface area contributed by atoms with Crippen molar-refractivity contribution in [1.82, 2.24) is 15.4 Å². The average Bonchev–Trinajstić information content (AvgIpc) is 2.72. The molecule has 0 heterocycles. The van der Waals surface area contributed by atoms with Crippen LogP contribution in [-0.4, -0.2) is 49.2 Å². The molecule has 2 rings (SSSR count). The first-order valence-electron chi connectivity index (χ1n) is 10.3. The monoisotopic (exact) mass is 442 g/mol. The Hall–Kier alpha value is -1.45. The fourth-order valence-corrected chi connectivity index (χ4v) is 5.65. The predicted octanol–water partition coefficient (Wildman–Crippen LogP) is 1.87. The molecule has 7 nitrogen and oxygen atoms in total. The summed E-state index contributed by atoms with van der Waals surface area (Å²) >= 11 is 0. The van der Waals surface area contributed by atoms with Gasteiger partial charge >= 0.3 is 0 Å². The number of nitrogens with one attached hydrogen (secondary N) is 3. The second-order valence-corrected chi connectivity index (χ2v) is 11.2. The number of aliphatic imine (C=N–C) groups is 1. The van der Waals surface area contributed by atoms with Gasteiger partial charge in [0.15, 0.2) is 5.96 Å². The Balaban J connectivity index is 2.02. The lowest BCUT2D eigenvalue weighted by Crippen LogP contribution is -2.46. The maximum absolute atomic E-state index is 12.2. The van der Waals surface area contributed by atoms with Crippen LogP contribution in [0.5, 0.6) is 0 Å². The molecule has 0 spiro atoms. The minimum atomic E-state index is -3.30. The summed E-state index contributed by atoms with van der Waals surface area (Å²) < 4.78 is 38.1. The van der Waals surface area contributed by atoms with Crippen molar-refractivity contribution >= 4 is 26.8 Å². The molecule has 0 aromatic heterocycles. The quantitative estimate of drug-likeness (QED) is 0.400. The maximum Gasteiger partial charge on any atom is 0.215 e. The van der Waals surface area contributed by atoms with Crippen LogP contribution in [0.2, 0.25) is 0 Å². The molecule has 0 saturated heterocycles. The van der Waals surface area contributed by atoms with Crippen molar-refractivity contribution in [2.75, 3.05) is 19.3 Å². The van der Waals surface area contributed by atoms with E-state index in [4.69, 9.17) is 0 Å². The second-order valence-electron chi connectivity index (χ2n) is 7.28. The third-order valence-electron chi connectivity index (χ3n) is 5.05. The van der Waals surface area contributed by atoms with Gasteiger partial charge in [0.05, 0.1) is 12.3 Å². The van der Waals surface area contributed by atoms with E-state index in [0.29, 0.717) is 12.3 Å². The third kappa shape index (κ3) is 8.06. The van der Waals surface area contributed by atoms with E-state index in [-0.39, 0.29) is 17.0 Å². The van der Waals surface area contributed by atoms with Gasteiger partial charge in [-0.3, -0.25) is 4.21 Å². The van der Waals surface area contributed by atoms with Gasteiger partial charge < -0.3 is 10.6 Å². The summed E-state index contributed by atoms with van der Waals surface area (Å²) in [6.45, 7) is 5.22. The molecular weight excluding hydrogens is 408 g/mol. The molecule has 1 aliphatic carbocycles. The highest BCUT2D eigenvalue weighted by atomic mass is 32.2. The van der Waals surface area contributed by atoms with Gasteiger partial charge in [0, 0.05) is 34.4 Å². The number of hydrogen-bond acceptors (Lipinski definition) is 4. The van der Waals surface area contributed by atoms with Gasteiger partial charge in [-0.15, -0.1) is 0 Å². The zero-order valence-electron chi connectivity index (χ0n) is 17.6. The van der Waals surface area contributed by atoms with E-state index < -0.39 is 20.8 Å². The predicted molar refractivity (Wildman–Crippen MR) is 121 cm³/mol. The van der Waals surface area contributed by atoms with Crippen LogP contribution in [0.4, 0.5) is 0 Å². The standard InChI is InChI=1S/C20H34N4O3S2/c1-4-22-20(24-18-10-7-11-19(13-18)28(25)5-2)23-14-16-8-6-9-17(12-16)15-29(26,27)21-3/h6,8-9,12,18-19,21H,4-5,7,10-11,13-15H2,1-3H3,(H2,22,23,24). The van der Waals surface area contributed by atoms with E-state index in [1.54, 1.807) is 0 Å². The van der Waals surface area contributed by atoms with Crippen molar-refractivity contribution < 1.29 is 12.6 Å². The van der Waals surface area contributed by atoms with E-state index in [1.165, 1.54) is 7.05 Å². The lowest BCUT2D eigenvalue weighted by Gasteiger charge is -2.30. The second kappa shape index (κ2) is 11.7. The number of sulfonamides is 1. The number of hydrogen-bond donors (Lipinski definition) is 3. The van der Waals surface area contributed by atoms with Crippen molar-refractivity contribution in [1.29, 1.82) is 0 Å². The molecule has 1 aromatic carbocycles. The van der Waals surface area contributed by atoms with Crippen LogP contribution in [0, 0.1) is 0 Å². The summed E-state index contributed by atoms with van der Waals surface area (Å²) in [6.07, 6.45) is 4.07. The molecule has 3 atom stereocenters. The summed E-state index contributed by atoms with van der Waals surface area (Å²) in [4.78, 5) is 4.68. The molecular formula is C20H34N4O3S2. The molecule has 9 heteroatoms. The Morgan fingerprint density at radius 3 is 2.69 bits per heavy atom. The molecule has 0 amide bonds. The molecule has 0 bridgehead atoms. The minimum Gasteiger partial charge on any atom is -0.357 e. The van der Waals surface area contributed by atoms with Gasteiger partial charge in [-0.1, -0.05) is 37.6 Å². The van der Waals surface area contributed by atoms with Crippen LogP contribution in [0.15, 0.2) is 29.3 Å². The lowest BCUT2D eigenvalue weighted by molar-refractivity contribution is 0.413. The Kier molecular flexibility index (Phi) is 9.58. The summed E-state index contributed by atoms with van der Waals surface area (Å²) in [5.41, 5.74) is 1.70. The highest BCUT2D eigenvalue weighted by Crippen LogP contribution is 2.23. The van der Waals surface area contributed by atoms with Gasteiger partial charge in [-0.05, 0) is 44.4 Å². The van der Waals surface area contributed by atoms with Gasteiger partial charge in [0.25, 0.3) is 0 Å². The van der Waals surface area contributed by atoms with E-state index in [0.717, 1.165) is 49.3 Å². The van der Waals surface area contributed by atoms with Gasteiger partial charge in [-0.2, -0.15) is 0 Å². The Labute approximate surface area is 177 Å². The first kappa shape index (κ1) is 23.8. The normalized spacial score (nSPS) is 21.6. The Morgan fingerprint density at radius 2 is 2.00 bits per heavy atom. The summed E-state index contributed by atoms with van der Waals surface area (Å²) in [7, 11) is -2.63. The fraction of sp³-hybridized carbons (Fsp3) is 0.650. The smallest absolute Gasteiger partial charge is 0.215 e. The Bertz CT molecular complexity index is 812. The van der Waals surface area contributed by atoms with E-state index in [1.807, 2.05) is 38.1 Å². The number of rotatable bonds is 9. The molecule has 1 saturated carbocycles. The Morgan fingerprint density at radius 1 is 1.24 bits per heavy atom. The third-order valence-corrected chi connectivity index (χ3v) is 8.12. The van der Waals surface area contributed by atoms with Crippen molar-refractivity contribution in [3.8, 4) is 0 Å². The summed E-state index contributed by atoms with van der Waals surface area (Å²) in [5.74, 6) is 1.41. The molecule has 1 aromatic rings. The van der Waals surface area contributed by atoms with Crippen LogP contribution in [0.1, 0.15) is 50.7 Å². The molecule has 3 unspecified atom stereocenters. The molecule has 29 heavy (non-hydrogen) atoms. The van der Waals surface area contributed by atoms with E-state index in [2.05, 4.69) is 20.3 Å². The van der Waals surface area contributed by atoms with E-state index >= 15 is 0 Å². The number of guanidine groups is 1. The van der Waals surface area contributed by atoms with Crippen LogP contribution in [0.25, 0.3) is 0 Å². The SMILES string of the molecule is CCNC(=NCc1cccc(CS(=O)(=O)NC)c1)NC1CCCC(S(=O)CC)C1. The molecule has 164 valence electrons. The largest absolute Gasteiger partial charge is 0.357 e. The highest BCUT2D eigenvalue weighted by molar-refractivity contribution is 7.88. The van der Waals surface area contributed by atoms with Crippen molar-refractivity contribution in [3.63, 3.8) is 0 Å². The zero-order valence-corrected chi connectivity index (χ0v) is 19.2. The van der Waals surface area contributed by atoms with Crippen LogP contribution in [-0.2, 0) is 33.1 Å². The van der Waals surface area contributed by atoms with Crippen LogP contribution < -0.4 is 15.4 Å². The van der Waals surface area contributed by atoms with Gasteiger partial charge in [-0.25, -0.2) is 18.1 Å². The van der Waals surface area contributed by atoms with Gasteiger partial charge in [0.1, 0.15) is 0 Å². The maximum atomic E-state index is 12.2. The first-order valence-corrected chi connectivity index (χ1v) is 13.3. The topological polar surface area (TPSA) is 99.7 Å². The summed E-state index contributed by atoms with van der Waals surface area (Å²) in [6, 6.07) is 7.76. The van der Waals surface area contributed by atoms with Crippen molar-refractivity contribution in [2.45, 2.75) is 63.1 Å². The van der Waals surface area contributed by atoms with Crippen molar-refractivity contribution in [3.05, 3.63) is 35.4 Å². The lowest BCUT2D eigenvalue weighted by atomic mass is 9.95. The molecule has 0 aliphatic heterocycles. The van der Waals surface area contributed by atoms with Gasteiger partial charge in [0.2, 0.25) is 10.0 Å². The fourth-order valence-electron chi connectivity index (χ4n) is 3.54.